The van der Waals surface area contributed by atoms with Crippen LogP contribution in [0.1, 0.15) is 36.0 Å². The van der Waals surface area contributed by atoms with Crippen molar-refractivity contribution >= 4 is 5.91 Å². The number of aromatic amines is 1. The van der Waals surface area contributed by atoms with E-state index in [0.717, 1.165) is 19.5 Å². The summed E-state index contributed by atoms with van der Waals surface area (Å²) in [5, 5.41) is 3.42. The Labute approximate surface area is 118 Å². The molecule has 1 aliphatic heterocycles. The largest absolute Gasteiger partial charge is 0.367 e. The second-order valence-corrected chi connectivity index (χ2v) is 5.87. The molecule has 1 amide bonds. The van der Waals surface area contributed by atoms with E-state index < -0.39 is 0 Å². The summed E-state index contributed by atoms with van der Waals surface area (Å²) in [6, 6.07) is 1.79. The van der Waals surface area contributed by atoms with Gasteiger partial charge in [0.25, 0.3) is 5.91 Å². The summed E-state index contributed by atoms with van der Waals surface area (Å²) < 4.78 is 0. The minimum atomic E-state index is -0.200. The minimum Gasteiger partial charge on any atom is -0.367 e. The molecule has 1 saturated heterocycles. The van der Waals surface area contributed by atoms with Crippen LogP contribution in [0.3, 0.4) is 0 Å². The van der Waals surface area contributed by atoms with Crippen molar-refractivity contribution in [2.75, 3.05) is 19.6 Å². The van der Waals surface area contributed by atoms with Gasteiger partial charge in [-0.05, 0) is 38.1 Å². The van der Waals surface area contributed by atoms with Gasteiger partial charge in [-0.3, -0.25) is 9.59 Å². The van der Waals surface area contributed by atoms with Gasteiger partial charge in [0.15, 0.2) is 5.43 Å². The Hall–Kier alpha value is -1.62. The predicted octanol–water partition coefficient (Wildman–Crippen LogP) is 0.979. The first-order chi connectivity index (χ1) is 9.74. The Balaban J connectivity index is 1.74. The molecule has 20 heavy (non-hydrogen) atoms. The van der Waals surface area contributed by atoms with Crippen molar-refractivity contribution in [1.29, 1.82) is 0 Å². The molecule has 0 radical (unpaired) electrons. The van der Waals surface area contributed by atoms with Crippen LogP contribution in [-0.4, -0.2) is 41.5 Å². The van der Waals surface area contributed by atoms with Crippen molar-refractivity contribution in [3.05, 3.63) is 34.2 Å². The maximum Gasteiger partial charge on any atom is 0.259 e. The monoisotopic (exact) mass is 275 g/mol. The highest BCUT2D eigenvalue weighted by Crippen LogP contribution is 2.30. The van der Waals surface area contributed by atoms with E-state index in [1.807, 2.05) is 4.90 Å². The Morgan fingerprint density at radius 1 is 1.30 bits per heavy atom. The molecule has 0 aromatic carbocycles. The fraction of sp³-hybridized carbons (Fsp3) is 0.600. The molecule has 1 saturated carbocycles. The number of aromatic nitrogens is 1. The van der Waals surface area contributed by atoms with E-state index in [1.54, 1.807) is 6.20 Å². The average Bonchev–Trinajstić information content (AvgIpc) is 3.11. The Morgan fingerprint density at radius 3 is 2.80 bits per heavy atom. The lowest BCUT2D eigenvalue weighted by atomic mass is 10.1. The van der Waals surface area contributed by atoms with Crippen LogP contribution in [0.4, 0.5) is 0 Å². The Bertz CT molecular complexity index is 530. The fourth-order valence-corrected chi connectivity index (χ4v) is 2.78. The number of nitrogens with zero attached hydrogens (tertiary/aromatic N) is 1. The molecular weight excluding hydrogens is 254 g/mol. The standard InChI is InChI=1S/C15H21N3O2/c19-14-5-7-16-8-13(14)15(20)18(9-11-3-4-11)10-12-2-1-6-17-12/h5,7-8,11-12,17H,1-4,6,9-10H2,(H,16,19). The van der Waals surface area contributed by atoms with Crippen molar-refractivity contribution in [2.45, 2.75) is 31.7 Å². The zero-order chi connectivity index (χ0) is 13.9. The molecule has 1 atom stereocenters. The molecule has 2 heterocycles. The molecule has 2 aliphatic rings. The average molecular weight is 275 g/mol. The van der Waals surface area contributed by atoms with Gasteiger partial charge in [0.05, 0.1) is 0 Å². The van der Waals surface area contributed by atoms with Gasteiger partial charge < -0.3 is 15.2 Å². The third kappa shape index (κ3) is 3.10. The number of hydrogen-bond acceptors (Lipinski definition) is 3. The number of amides is 1. The van der Waals surface area contributed by atoms with E-state index in [1.165, 1.54) is 31.5 Å². The van der Waals surface area contributed by atoms with Crippen LogP contribution in [0.25, 0.3) is 0 Å². The summed E-state index contributed by atoms with van der Waals surface area (Å²) >= 11 is 0. The molecule has 108 valence electrons. The van der Waals surface area contributed by atoms with Crippen LogP contribution in [-0.2, 0) is 0 Å². The number of carbonyl (C=O) groups is 1. The van der Waals surface area contributed by atoms with Crippen LogP contribution in [0.5, 0.6) is 0 Å². The summed E-state index contributed by atoms with van der Waals surface area (Å²) in [5.74, 6) is 0.496. The van der Waals surface area contributed by atoms with E-state index in [4.69, 9.17) is 0 Å². The summed E-state index contributed by atoms with van der Waals surface area (Å²) in [6.45, 7) is 2.52. The number of H-pyrrole nitrogens is 1. The zero-order valence-corrected chi connectivity index (χ0v) is 11.6. The number of carbonyl (C=O) groups excluding carboxylic acids is 1. The van der Waals surface area contributed by atoms with Crippen LogP contribution in [0.15, 0.2) is 23.3 Å². The molecule has 3 rings (SSSR count). The number of hydrogen-bond donors (Lipinski definition) is 2. The Morgan fingerprint density at radius 2 is 2.15 bits per heavy atom. The molecule has 1 aromatic rings. The zero-order valence-electron chi connectivity index (χ0n) is 11.6. The topological polar surface area (TPSA) is 65.2 Å². The quantitative estimate of drug-likeness (QED) is 0.842. The van der Waals surface area contributed by atoms with E-state index >= 15 is 0 Å². The summed E-state index contributed by atoms with van der Waals surface area (Å²) in [7, 11) is 0. The normalized spacial score (nSPS) is 21.9. The van der Waals surface area contributed by atoms with Crippen molar-refractivity contribution in [1.82, 2.24) is 15.2 Å². The van der Waals surface area contributed by atoms with E-state index in [0.29, 0.717) is 18.5 Å². The molecule has 0 spiro atoms. The van der Waals surface area contributed by atoms with Gasteiger partial charge in [0.2, 0.25) is 0 Å². The number of nitrogens with one attached hydrogen (secondary N) is 2. The van der Waals surface area contributed by atoms with Crippen LogP contribution in [0.2, 0.25) is 0 Å². The van der Waals surface area contributed by atoms with Crippen LogP contribution < -0.4 is 10.7 Å². The van der Waals surface area contributed by atoms with Gasteiger partial charge in [-0.2, -0.15) is 0 Å². The van der Waals surface area contributed by atoms with Gasteiger partial charge in [-0.1, -0.05) is 0 Å². The number of pyridine rings is 1. The molecule has 2 fully saturated rings. The highest BCUT2D eigenvalue weighted by atomic mass is 16.2. The maximum absolute atomic E-state index is 12.6. The molecule has 5 nitrogen and oxygen atoms in total. The van der Waals surface area contributed by atoms with E-state index in [9.17, 15) is 9.59 Å². The SMILES string of the molecule is O=C(c1c[nH]ccc1=O)N(CC1CC1)CC1CCCN1. The first-order valence-electron chi connectivity index (χ1n) is 7.44. The molecule has 1 aromatic heterocycles. The van der Waals surface area contributed by atoms with Crippen LogP contribution in [0, 0.1) is 5.92 Å². The third-order valence-electron chi connectivity index (χ3n) is 4.12. The van der Waals surface area contributed by atoms with Gasteiger partial charge >= 0.3 is 0 Å². The van der Waals surface area contributed by atoms with Gasteiger partial charge in [-0.15, -0.1) is 0 Å². The van der Waals surface area contributed by atoms with Crippen LogP contribution >= 0.6 is 0 Å². The van der Waals surface area contributed by atoms with Crippen molar-refractivity contribution in [3.8, 4) is 0 Å². The lowest BCUT2D eigenvalue weighted by Crippen LogP contribution is -2.43. The molecule has 5 heteroatoms. The summed E-state index contributed by atoms with van der Waals surface area (Å²) in [4.78, 5) is 29.1. The highest BCUT2D eigenvalue weighted by Gasteiger charge is 2.30. The second kappa shape index (κ2) is 5.79. The highest BCUT2D eigenvalue weighted by molar-refractivity contribution is 5.93. The lowest BCUT2D eigenvalue weighted by molar-refractivity contribution is 0.0732. The van der Waals surface area contributed by atoms with Crippen molar-refractivity contribution in [3.63, 3.8) is 0 Å². The lowest BCUT2D eigenvalue weighted by Gasteiger charge is -2.25. The summed E-state index contributed by atoms with van der Waals surface area (Å²) in [5.41, 5.74) is 0.0556. The second-order valence-electron chi connectivity index (χ2n) is 5.87. The predicted molar refractivity (Wildman–Crippen MR) is 76.7 cm³/mol. The Kier molecular flexibility index (Phi) is 3.87. The molecule has 1 unspecified atom stereocenters. The van der Waals surface area contributed by atoms with Crippen molar-refractivity contribution < 1.29 is 4.79 Å². The smallest absolute Gasteiger partial charge is 0.259 e. The molecule has 1 aliphatic carbocycles. The maximum atomic E-state index is 12.6. The summed E-state index contributed by atoms with van der Waals surface area (Å²) in [6.07, 6.45) is 7.76. The first-order valence-corrected chi connectivity index (χ1v) is 7.44. The minimum absolute atomic E-state index is 0.132. The van der Waals surface area contributed by atoms with Gasteiger partial charge in [0, 0.05) is 37.6 Å². The number of rotatable bonds is 5. The third-order valence-corrected chi connectivity index (χ3v) is 4.12. The van der Waals surface area contributed by atoms with Gasteiger partial charge in [0.1, 0.15) is 5.56 Å². The van der Waals surface area contributed by atoms with E-state index in [2.05, 4.69) is 10.3 Å². The molecular formula is C15H21N3O2. The fourth-order valence-electron chi connectivity index (χ4n) is 2.78. The van der Waals surface area contributed by atoms with Crippen molar-refractivity contribution in [2.24, 2.45) is 5.92 Å². The first kappa shape index (κ1) is 13.4. The molecule has 2 N–H and O–H groups in total. The van der Waals surface area contributed by atoms with E-state index in [-0.39, 0.29) is 16.9 Å². The molecule has 0 bridgehead atoms. The van der Waals surface area contributed by atoms with Gasteiger partial charge in [-0.25, -0.2) is 0 Å².